The first-order valence-electron chi connectivity index (χ1n) is 6.52. The second kappa shape index (κ2) is 11.3. The van der Waals surface area contributed by atoms with Crippen molar-refractivity contribution < 1.29 is 9.26 Å². The third-order valence-corrected chi connectivity index (χ3v) is 8.16. The summed E-state index contributed by atoms with van der Waals surface area (Å²) in [4.78, 5) is 2.39. The first kappa shape index (κ1) is 18.5. The number of rotatable bonds is 11. The van der Waals surface area contributed by atoms with Gasteiger partial charge in [0.2, 0.25) is 0 Å². The van der Waals surface area contributed by atoms with Gasteiger partial charge in [0.05, 0.1) is 19.5 Å². The first-order valence-corrected chi connectivity index (χ1v) is 10.9. The number of nitrogens with zero attached hydrogens (tertiary/aromatic N) is 1. The topological polar surface area (TPSA) is 21.7 Å². The average Bonchev–Trinajstić information content (AvgIpc) is 2.35. The van der Waals surface area contributed by atoms with Gasteiger partial charge >= 0.3 is 0 Å². The maximum Gasteiger partial charge on any atom is 0.144 e. The van der Waals surface area contributed by atoms with Crippen LogP contribution in [0.25, 0.3) is 0 Å². The van der Waals surface area contributed by atoms with Crippen LogP contribution in [0.5, 0.6) is 0 Å². The Hall–Kier alpha value is 0.460. The van der Waals surface area contributed by atoms with E-state index in [-0.39, 0.29) is 0 Å². The van der Waals surface area contributed by atoms with Crippen LogP contribution in [0.4, 0.5) is 0 Å². The van der Waals surface area contributed by atoms with Crippen molar-refractivity contribution in [2.24, 2.45) is 0 Å². The normalized spacial score (nSPS) is 15.2. The smallest absolute Gasteiger partial charge is 0.144 e. The summed E-state index contributed by atoms with van der Waals surface area (Å²) < 4.78 is 11.0. The minimum Gasteiger partial charge on any atom is -0.501 e. The highest BCUT2D eigenvalue weighted by Crippen LogP contribution is 2.61. The van der Waals surface area contributed by atoms with Crippen molar-refractivity contribution in [3.8, 4) is 0 Å². The maximum absolute atomic E-state index is 5.73. The lowest BCUT2D eigenvalue weighted by molar-refractivity contribution is 0.269. The summed E-state index contributed by atoms with van der Waals surface area (Å²) in [7, 11) is 0. The maximum atomic E-state index is 5.73. The fraction of sp³-hybridized carbons (Fsp3) is 0.833. The third kappa shape index (κ3) is 8.54. The van der Waals surface area contributed by atoms with Gasteiger partial charge in [-0.3, -0.25) is 0 Å². The predicted molar refractivity (Wildman–Crippen MR) is 86.9 cm³/mol. The van der Waals surface area contributed by atoms with Gasteiger partial charge in [0, 0.05) is 18.1 Å². The SMILES string of the molecule is CCOC=CP(=S)(OCC)SCCN(CC)CC. The van der Waals surface area contributed by atoms with E-state index in [2.05, 4.69) is 18.7 Å². The second-order valence-corrected chi connectivity index (χ2v) is 10.6. The van der Waals surface area contributed by atoms with Gasteiger partial charge in [-0.2, -0.15) is 0 Å². The summed E-state index contributed by atoms with van der Waals surface area (Å²) in [6, 6.07) is 0. The molecule has 0 rings (SSSR count). The molecule has 0 aliphatic carbocycles. The zero-order chi connectivity index (χ0) is 13.9. The molecule has 108 valence electrons. The largest absolute Gasteiger partial charge is 0.501 e. The highest BCUT2D eigenvalue weighted by Gasteiger charge is 2.14. The molecule has 18 heavy (non-hydrogen) atoms. The van der Waals surface area contributed by atoms with Crippen LogP contribution in [-0.4, -0.2) is 43.5 Å². The third-order valence-electron chi connectivity index (χ3n) is 2.39. The van der Waals surface area contributed by atoms with Crippen molar-refractivity contribution in [3.63, 3.8) is 0 Å². The van der Waals surface area contributed by atoms with Crippen molar-refractivity contribution in [1.82, 2.24) is 4.90 Å². The lowest BCUT2D eigenvalue weighted by Crippen LogP contribution is -2.25. The molecule has 0 aromatic rings. The van der Waals surface area contributed by atoms with Crippen LogP contribution in [0.1, 0.15) is 27.7 Å². The molecule has 0 heterocycles. The van der Waals surface area contributed by atoms with Crippen molar-refractivity contribution in [1.29, 1.82) is 0 Å². The first-order chi connectivity index (χ1) is 8.61. The summed E-state index contributed by atoms with van der Waals surface area (Å²) in [5, 5.41) is 0. The average molecular weight is 311 g/mol. The summed E-state index contributed by atoms with van der Waals surface area (Å²) >= 11 is 7.36. The Morgan fingerprint density at radius 3 is 2.33 bits per heavy atom. The monoisotopic (exact) mass is 311 g/mol. The van der Waals surface area contributed by atoms with Crippen LogP contribution in [0.15, 0.2) is 12.1 Å². The zero-order valence-corrected chi connectivity index (χ0v) is 14.5. The summed E-state index contributed by atoms with van der Waals surface area (Å²) in [6.45, 7) is 12.9. The van der Waals surface area contributed by atoms with Crippen molar-refractivity contribution in [2.45, 2.75) is 27.7 Å². The lowest BCUT2D eigenvalue weighted by atomic mass is 10.5. The molecule has 0 saturated heterocycles. The van der Waals surface area contributed by atoms with E-state index in [4.69, 9.17) is 21.1 Å². The predicted octanol–water partition coefficient (Wildman–Crippen LogP) is 3.92. The molecule has 3 nitrogen and oxygen atoms in total. The summed E-state index contributed by atoms with van der Waals surface area (Å²) in [5.41, 5.74) is -1.91. The van der Waals surface area contributed by atoms with Gasteiger partial charge in [0.1, 0.15) is 5.47 Å². The van der Waals surface area contributed by atoms with Crippen LogP contribution >= 0.6 is 16.8 Å². The number of hydrogen-bond acceptors (Lipinski definition) is 5. The van der Waals surface area contributed by atoms with Crippen LogP contribution < -0.4 is 0 Å². The quantitative estimate of drug-likeness (QED) is 0.425. The molecule has 0 aromatic carbocycles. The molecule has 1 atom stereocenters. The molecular weight excluding hydrogens is 285 g/mol. The van der Waals surface area contributed by atoms with E-state index in [0.29, 0.717) is 13.2 Å². The minimum atomic E-state index is -1.91. The molecule has 0 N–H and O–H groups in total. The van der Waals surface area contributed by atoms with Gasteiger partial charge in [0.15, 0.2) is 0 Å². The Bertz CT molecular complexity index is 271. The van der Waals surface area contributed by atoms with E-state index < -0.39 is 5.47 Å². The van der Waals surface area contributed by atoms with Crippen molar-refractivity contribution in [2.75, 3.05) is 38.6 Å². The van der Waals surface area contributed by atoms with Gasteiger partial charge in [-0.15, -0.1) is 0 Å². The van der Waals surface area contributed by atoms with E-state index in [1.807, 2.05) is 19.7 Å². The molecule has 0 bridgehead atoms. The van der Waals surface area contributed by atoms with Crippen LogP contribution in [0.3, 0.4) is 0 Å². The Balaban J connectivity index is 4.21. The van der Waals surface area contributed by atoms with Gasteiger partial charge in [-0.1, -0.05) is 37.0 Å². The van der Waals surface area contributed by atoms with Gasteiger partial charge in [-0.25, -0.2) is 0 Å². The Morgan fingerprint density at radius 1 is 1.17 bits per heavy atom. The highest BCUT2D eigenvalue weighted by molar-refractivity contribution is 8.70. The standard InChI is InChI=1S/C12H26NO2PS2/c1-5-13(6-2)9-12-18-16(17,15-8-4)11-10-14-7-3/h10-11H,5-9,12H2,1-4H3. The van der Waals surface area contributed by atoms with Gasteiger partial charge in [0.25, 0.3) is 0 Å². The lowest BCUT2D eigenvalue weighted by Gasteiger charge is -2.21. The van der Waals surface area contributed by atoms with Crippen molar-refractivity contribution >= 4 is 28.7 Å². The van der Waals surface area contributed by atoms with E-state index in [1.54, 1.807) is 17.6 Å². The molecule has 0 aliphatic rings. The molecule has 0 fully saturated rings. The van der Waals surface area contributed by atoms with Crippen LogP contribution in [0.2, 0.25) is 0 Å². The molecule has 0 aromatic heterocycles. The van der Waals surface area contributed by atoms with E-state index in [9.17, 15) is 0 Å². The Labute approximate surface area is 121 Å². The van der Waals surface area contributed by atoms with Gasteiger partial charge in [-0.05, 0) is 26.9 Å². The number of hydrogen-bond donors (Lipinski definition) is 0. The van der Waals surface area contributed by atoms with Crippen LogP contribution in [-0.2, 0) is 21.1 Å². The molecule has 0 radical (unpaired) electrons. The van der Waals surface area contributed by atoms with E-state index >= 15 is 0 Å². The fourth-order valence-electron chi connectivity index (χ4n) is 1.35. The Morgan fingerprint density at radius 2 is 1.83 bits per heavy atom. The fourth-order valence-corrected chi connectivity index (χ4v) is 5.88. The highest BCUT2D eigenvalue weighted by atomic mass is 32.9. The molecule has 0 amide bonds. The number of ether oxygens (including phenoxy) is 1. The summed E-state index contributed by atoms with van der Waals surface area (Å²) in [5.74, 6) is 2.94. The minimum absolute atomic E-state index is 0.659. The molecule has 0 aliphatic heterocycles. The zero-order valence-electron chi connectivity index (χ0n) is 11.9. The van der Waals surface area contributed by atoms with Crippen molar-refractivity contribution in [3.05, 3.63) is 12.1 Å². The molecule has 6 heteroatoms. The second-order valence-electron chi connectivity index (χ2n) is 3.56. The van der Waals surface area contributed by atoms with E-state index in [0.717, 1.165) is 25.4 Å². The van der Waals surface area contributed by atoms with E-state index in [1.165, 1.54) is 0 Å². The Kier molecular flexibility index (Phi) is 11.6. The molecular formula is C12H26NO2PS2. The molecule has 0 saturated carbocycles. The molecule has 1 unspecified atom stereocenters. The summed E-state index contributed by atoms with van der Waals surface area (Å²) in [6.07, 6.45) is 1.70. The van der Waals surface area contributed by atoms with Crippen LogP contribution in [0, 0.1) is 0 Å². The molecule has 0 spiro atoms. The van der Waals surface area contributed by atoms with Gasteiger partial charge < -0.3 is 14.2 Å².